The molecule has 0 spiro atoms. The van der Waals surface area contributed by atoms with Crippen molar-refractivity contribution in [2.24, 2.45) is 5.92 Å². The number of rotatable bonds is 5. The summed E-state index contributed by atoms with van der Waals surface area (Å²) in [6.07, 6.45) is 12.9. The lowest BCUT2D eigenvalue weighted by Gasteiger charge is -2.17. The van der Waals surface area contributed by atoms with Crippen molar-refractivity contribution in [1.82, 2.24) is 4.98 Å². The number of anilines is 2. The molecular weight excluding hydrogens is 326 g/mol. The highest BCUT2D eigenvalue weighted by molar-refractivity contribution is 6.04. The Labute approximate surface area is 153 Å². The number of allylic oxidation sites excluding steroid dienone is 1. The number of hydrogen-bond acceptors (Lipinski definition) is 3. The van der Waals surface area contributed by atoms with Crippen molar-refractivity contribution in [2.45, 2.75) is 32.1 Å². The van der Waals surface area contributed by atoms with E-state index in [4.69, 9.17) is 0 Å². The second-order valence-electron chi connectivity index (χ2n) is 6.52. The highest BCUT2D eigenvalue weighted by atomic mass is 16.2. The van der Waals surface area contributed by atoms with E-state index in [9.17, 15) is 9.59 Å². The molecule has 0 unspecified atom stereocenters. The molecule has 3 rings (SSSR count). The van der Waals surface area contributed by atoms with Gasteiger partial charge in [0.25, 0.3) is 5.91 Å². The maximum absolute atomic E-state index is 12.2. The predicted molar refractivity (Wildman–Crippen MR) is 103 cm³/mol. The molecule has 5 nitrogen and oxygen atoms in total. The Bertz CT molecular complexity index is 781. The summed E-state index contributed by atoms with van der Waals surface area (Å²) in [5.74, 6) is 0.129. The van der Waals surface area contributed by atoms with Gasteiger partial charge in [0, 0.05) is 23.8 Å². The quantitative estimate of drug-likeness (QED) is 0.786. The Morgan fingerprint density at radius 3 is 2.50 bits per heavy atom. The Balaban J connectivity index is 1.57. The number of carbonyl (C=O) groups is 2. The summed E-state index contributed by atoms with van der Waals surface area (Å²) < 4.78 is 0. The molecule has 134 valence electrons. The van der Waals surface area contributed by atoms with Gasteiger partial charge in [-0.2, -0.15) is 0 Å². The lowest BCUT2D eigenvalue weighted by molar-refractivity contribution is -0.111. The van der Waals surface area contributed by atoms with E-state index in [0.29, 0.717) is 22.9 Å². The second kappa shape index (κ2) is 8.94. The van der Waals surface area contributed by atoms with Gasteiger partial charge in [0.15, 0.2) is 0 Å². The van der Waals surface area contributed by atoms with Gasteiger partial charge in [0.2, 0.25) is 5.91 Å². The van der Waals surface area contributed by atoms with Crippen molar-refractivity contribution < 1.29 is 9.59 Å². The zero-order valence-corrected chi connectivity index (χ0v) is 14.7. The molecule has 1 fully saturated rings. The molecule has 1 aliphatic rings. The normalized spacial score (nSPS) is 14.9. The van der Waals surface area contributed by atoms with Crippen LogP contribution in [0.25, 0.3) is 0 Å². The fourth-order valence-corrected chi connectivity index (χ4v) is 3.11. The summed E-state index contributed by atoms with van der Waals surface area (Å²) in [4.78, 5) is 28.2. The Morgan fingerprint density at radius 2 is 1.77 bits per heavy atom. The van der Waals surface area contributed by atoms with Crippen molar-refractivity contribution in [1.29, 1.82) is 0 Å². The van der Waals surface area contributed by atoms with Crippen molar-refractivity contribution in [3.63, 3.8) is 0 Å². The molecule has 1 aromatic heterocycles. The third kappa shape index (κ3) is 5.28. The number of nitrogens with zero attached hydrogens (tertiary/aromatic N) is 1. The first-order chi connectivity index (χ1) is 12.7. The number of hydrogen-bond donors (Lipinski definition) is 2. The van der Waals surface area contributed by atoms with Crippen molar-refractivity contribution in [3.8, 4) is 0 Å². The third-order valence-corrected chi connectivity index (χ3v) is 4.48. The van der Waals surface area contributed by atoms with E-state index < -0.39 is 0 Å². The molecule has 0 bridgehead atoms. The zero-order valence-electron chi connectivity index (χ0n) is 14.7. The van der Waals surface area contributed by atoms with Crippen LogP contribution in [0, 0.1) is 5.92 Å². The van der Waals surface area contributed by atoms with Crippen LogP contribution in [0.5, 0.6) is 0 Å². The van der Waals surface area contributed by atoms with E-state index in [-0.39, 0.29) is 11.8 Å². The number of benzene rings is 1. The largest absolute Gasteiger partial charge is 0.322 e. The molecule has 2 N–H and O–H groups in total. The van der Waals surface area contributed by atoms with Gasteiger partial charge in [0.1, 0.15) is 0 Å². The summed E-state index contributed by atoms with van der Waals surface area (Å²) in [5.41, 5.74) is 1.75. The predicted octanol–water partition coefficient (Wildman–Crippen LogP) is 4.41. The highest BCUT2D eigenvalue weighted by Crippen LogP contribution is 2.24. The van der Waals surface area contributed by atoms with Gasteiger partial charge in [-0.3, -0.25) is 14.6 Å². The first-order valence-corrected chi connectivity index (χ1v) is 9.01. The van der Waals surface area contributed by atoms with Gasteiger partial charge in [-0.15, -0.1) is 0 Å². The Kier molecular flexibility index (Phi) is 6.14. The Morgan fingerprint density at radius 1 is 1.00 bits per heavy atom. The first-order valence-electron chi connectivity index (χ1n) is 9.01. The van der Waals surface area contributed by atoms with Crippen molar-refractivity contribution >= 4 is 23.2 Å². The number of carbonyl (C=O) groups excluding carboxylic acids is 2. The van der Waals surface area contributed by atoms with E-state index in [1.165, 1.54) is 38.3 Å². The molecular formula is C21H23N3O2. The summed E-state index contributed by atoms with van der Waals surface area (Å²) in [6.45, 7) is 0. The lowest BCUT2D eigenvalue weighted by Crippen LogP contribution is -2.13. The van der Waals surface area contributed by atoms with Crippen LogP contribution in [0.15, 0.2) is 60.9 Å². The fourth-order valence-electron chi connectivity index (χ4n) is 3.11. The van der Waals surface area contributed by atoms with Gasteiger partial charge in [-0.1, -0.05) is 31.4 Å². The number of pyridine rings is 1. The first kappa shape index (κ1) is 17.9. The number of amides is 2. The molecule has 0 aliphatic heterocycles. The maximum atomic E-state index is 12.2. The van der Waals surface area contributed by atoms with Crippen LogP contribution in [0.1, 0.15) is 42.5 Å². The van der Waals surface area contributed by atoms with Crippen molar-refractivity contribution in [3.05, 3.63) is 66.5 Å². The molecule has 1 heterocycles. The minimum absolute atomic E-state index is 0.147. The summed E-state index contributed by atoms with van der Waals surface area (Å²) in [6, 6.07) is 10.5. The van der Waals surface area contributed by atoms with Gasteiger partial charge < -0.3 is 10.6 Å². The zero-order chi connectivity index (χ0) is 18.2. The summed E-state index contributed by atoms with van der Waals surface area (Å²) in [5, 5.41) is 5.65. The molecule has 2 aromatic rings. The average Bonchev–Trinajstić information content (AvgIpc) is 2.68. The van der Waals surface area contributed by atoms with Crippen LogP contribution in [0.2, 0.25) is 0 Å². The topological polar surface area (TPSA) is 71.1 Å². The standard InChI is InChI=1S/C21H23N3O2/c25-20(12-11-16-6-2-1-3-7-16)23-18-9-4-10-19(14-18)24-21(26)17-8-5-13-22-15-17/h4-5,8-16H,1-3,6-7H2,(H,23,25)(H,24,26)/b12-11+. The van der Waals surface area contributed by atoms with E-state index in [0.717, 1.165) is 0 Å². The van der Waals surface area contributed by atoms with Gasteiger partial charge in [-0.05, 0) is 55.2 Å². The van der Waals surface area contributed by atoms with Crippen LogP contribution in [-0.2, 0) is 4.79 Å². The van der Waals surface area contributed by atoms with Crippen LogP contribution >= 0.6 is 0 Å². The molecule has 0 atom stereocenters. The number of aromatic nitrogens is 1. The number of nitrogens with one attached hydrogen (secondary N) is 2. The molecule has 2 amide bonds. The third-order valence-electron chi connectivity index (χ3n) is 4.48. The van der Waals surface area contributed by atoms with Gasteiger partial charge >= 0.3 is 0 Å². The lowest BCUT2D eigenvalue weighted by atomic mass is 9.89. The molecule has 0 saturated heterocycles. The van der Waals surface area contributed by atoms with Crippen LogP contribution < -0.4 is 10.6 Å². The molecule has 1 aromatic carbocycles. The maximum Gasteiger partial charge on any atom is 0.257 e. The monoisotopic (exact) mass is 349 g/mol. The molecule has 5 heteroatoms. The van der Waals surface area contributed by atoms with Crippen LogP contribution in [0.3, 0.4) is 0 Å². The van der Waals surface area contributed by atoms with E-state index in [1.807, 2.05) is 6.08 Å². The molecule has 0 radical (unpaired) electrons. The molecule has 1 saturated carbocycles. The average molecular weight is 349 g/mol. The smallest absolute Gasteiger partial charge is 0.257 e. The van der Waals surface area contributed by atoms with Crippen LogP contribution in [0.4, 0.5) is 11.4 Å². The molecule has 1 aliphatic carbocycles. The van der Waals surface area contributed by atoms with Crippen molar-refractivity contribution in [2.75, 3.05) is 10.6 Å². The van der Waals surface area contributed by atoms with Gasteiger partial charge in [-0.25, -0.2) is 0 Å². The summed E-state index contributed by atoms with van der Waals surface area (Å²) >= 11 is 0. The summed E-state index contributed by atoms with van der Waals surface area (Å²) in [7, 11) is 0. The van der Waals surface area contributed by atoms with E-state index in [2.05, 4.69) is 15.6 Å². The minimum atomic E-state index is -0.237. The second-order valence-corrected chi connectivity index (χ2v) is 6.52. The fraction of sp³-hybridized carbons (Fsp3) is 0.286. The van der Waals surface area contributed by atoms with Crippen LogP contribution in [-0.4, -0.2) is 16.8 Å². The minimum Gasteiger partial charge on any atom is -0.322 e. The van der Waals surface area contributed by atoms with Gasteiger partial charge in [0.05, 0.1) is 5.56 Å². The SMILES string of the molecule is O=C(/C=C/C1CCCCC1)Nc1cccc(NC(=O)c2cccnc2)c1. The Hall–Kier alpha value is -2.95. The molecule has 26 heavy (non-hydrogen) atoms. The van der Waals surface area contributed by atoms with E-state index in [1.54, 1.807) is 48.7 Å². The highest BCUT2D eigenvalue weighted by Gasteiger charge is 2.11. The van der Waals surface area contributed by atoms with E-state index >= 15 is 0 Å².